The molecule has 0 aliphatic carbocycles. The third-order valence-corrected chi connectivity index (χ3v) is 5.08. The van der Waals surface area contributed by atoms with Gasteiger partial charge in [-0.2, -0.15) is 0 Å². The van der Waals surface area contributed by atoms with Gasteiger partial charge in [0.15, 0.2) is 5.13 Å². The van der Waals surface area contributed by atoms with Crippen LogP contribution in [0.5, 0.6) is 0 Å². The normalized spacial score (nSPS) is 11.1. The number of aromatic nitrogens is 1. The summed E-state index contributed by atoms with van der Waals surface area (Å²) in [6, 6.07) is 13.9. The first-order valence-electron chi connectivity index (χ1n) is 7.77. The summed E-state index contributed by atoms with van der Waals surface area (Å²) in [5.41, 5.74) is 1.23. The van der Waals surface area contributed by atoms with E-state index in [1.165, 1.54) is 11.3 Å². The Morgan fingerprint density at radius 1 is 1.11 bits per heavy atom. The fourth-order valence-corrected chi connectivity index (χ4v) is 3.28. The molecule has 27 heavy (non-hydrogen) atoms. The molecule has 0 aliphatic heterocycles. The van der Waals surface area contributed by atoms with Gasteiger partial charge in [0.05, 0.1) is 5.56 Å². The average molecular weight is 463 g/mol. The van der Waals surface area contributed by atoms with Gasteiger partial charge in [-0.3, -0.25) is 14.9 Å². The molecule has 0 fully saturated rings. The predicted octanol–water partition coefficient (Wildman–Crippen LogP) is 4.97. The molecule has 3 rings (SSSR count). The lowest BCUT2D eigenvalue weighted by molar-refractivity contribution is -0.113. The summed E-state index contributed by atoms with van der Waals surface area (Å²) in [7, 11) is 0. The Bertz CT molecular complexity index is 988. The lowest BCUT2D eigenvalue weighted by atomic mass is 10.1. The molecule has 1 heterocycles. The van der Waals surface area contributed by atoms with E-state index in [0.29, 0.717) is 20.2 Å². The van der Waals surface area contributed by atoms with E-state index in [0.717, 1.165) is 5.56 Å². The van der Waals surface area contributed by atoms with E-state index in [1.807, 2.05) is 0 Å². The molecule has 0 bridgehead atoms. The lowest BCUT2D eigenvalue weighted by Gasteiger charge is -2.11. The zero-order valence-corrected chi connectivity index (χ0v) is 16.9. The first-order chi connectivity index (χ1) is 13.0. The molecule has 136 valence electrons. The van der Waals surface area contributed by atoms with Gasteiger partial charge in [-0.25, -0.2) is 4.98 Å². The van der Waals surface area contributed by atoms with Gasteiger partial charge in [-0.05, 0) is 51.8 Å². The van der Waals surface area contributed by atoms with Crippen molar-refractivity contribution in [2.24, 2.45) is 0 Å². The molecular formula is C19H13BrClN3O2S. The van der Waals surface area contributed by atoms with Crippen molar-refractivity contribution in [2.75, 3.05) is 5.32 Å². The minimum absolute atomic E-state index is 0.0910. The van der Waals surface area contributed by atoms with Crippen molar-refractivity contribution in [1.29, 1.82) is 0 Å². The van der Waals surface area contributed by atoms with Crippen LogP contribution in [-0.2, 0) is 4.79 Å². The van der Waals surface area contributed by atoms with Gasteiger partial charge in [0.1, 0.15) is 5.70 Å². The predicted molar refractivity (Wildman–Crippen MR) is 112 cm³/mol. The molecule has 3 aromatic rings. The topological polar surface area (TPSA) is 71.1 Å². The van der Waals surface area contributed by atoms with Gasteiger partial charge >= 0.3 is 0 Å². The Labute approximate surface area is 173 Å². The van der Waals surface area contributed by atoms with Crippen LogP contribution in [0.4, 0.5) is 5.13 Å². The molecule has 5 nitrogen and oxygen atoms in total. The number of carbonyl (C=O) groups excluding carboxylic acids is 2. The minimum Gasteiger partial charge on any atom is -0.317 e. The highest BCUT2D eigenvalue weighted by Gasteiger charge is 2.17. The summed E-state index contributed by atoms with van der Waals surface area (Å²) in [4.78, 5) is 29.3. The van der Waals surface area contributed by atoms with Crippen LogP contribution in [0.25, 0.3) is 6.08 Å². The monoisotopic (exact) mass is 461 g/mol. The smallest absolute Gasteiger partial charge is 0.273 e. The second-order valence-corrected chi connectivity index (χ2v) is 7.52. The number of nitrogens with zero attached hydrogens (tertiary/aromatic N) is 1. The van der Waals surface area contributed by atoms with E-state index in [2.05, 4.69) is 31.5 Å². The molecule has 0 saturated carbocycles. The van der Waals surface area contributed by atoms with Crippen LogP contribution in [0.3, 0.4) is 0 Å². The summed E-state index contributed by atoms with van der Waals surface area (Å²) >= 11 is 10.5. The largest absolute Gasteiger partial charge is 0.317 e. The summed E-state index contributed by atoms with van der Waals surface area (Å²) in [5.74, 6) is -0.878. The van der Waals surface area contributed by atoms with Crippen LogP contribution in [0.2, 0.25) is 5.02 Å². The highest BCUT2D eigenvalue weighted by atomic mass is 79.9. The Morgan fingerprint density at radius 3 is 2.52 bits per heavy atom. The first kappa shape index (κ1) is 19.3. The van der Waals surface area contributed by atoms with Crippen LogP contribution in [0, 0.1) is 0 Å². The quantitative estimate of drug-likeness (QED) is 0.526. The third kappa shape index (κ3) is 5.26. The SMILES string of the molecule is O=C(Nc1nccs1)/C(=C/c1ccc(Cl)cc1)NC(=O)c1ccccc1Br. The molecule has 8 heteroatoms. The third-order valence-electron chi connectivity index (χ3n) is 3.45. The second-order valence-electron chi connectivity index (χ2n) is 5.33. The molecule has 0 saturated heterocycles. The molecule has 2 aromatic carbocycles. The van der Waals surface area contributed by atoms with E-state index in [-0.39, 0.29) is 5.70 Å². The second kappa shape index (κ2) is 8.94. The van der Waals surface area contributed by atoms with Crippen LogP contribution in [0.1, 0.15) is 15.9 Å². The maximum absolute atomic E-state index is 12.7. The molecule has 2 amide bonds. The molecule has 2 N–H and O–H groups in total. The number of hydrogen-bond donors (Lipinski definition) is 2. The fourth-order valence-electron chi connectivity index (χ4n) is 2.17. The Balaban J connectivity index is 1.89. The molecule has 0 radical (unpaired) electrons. The Kier molecular flexibility index (Phi) is 6.39. The summed E-state index contributed by atoms with van der Waals surface area (Å²) in [6.07, 6.45) is 3.16. The van der Waals surface area contributed by atoms with E-state index < -0.39 is 11.8 Å². The van der Waals surface area contributed by atoms with E-state index in [4.69, 9.17) is 11.6 Å². The highest BCUT2D eigenvalue weighted by molar-refractivity contribution is 9.10. The number of benzene rings is 2. The maximum atomic E-state index is 12.7. The van der Waals surface area contributed by atoms with Crippen LogP contribution in [-0.4, -0.2) is 16.8 Å². The highest BCUT2D eigenvalue weighted by Crippen LogP contribution is 2.18. The van der Waals surface area contributed by atoms with E-state index in [9.17, 15) is 9.59 Å². The number of anilines is 1. The Morgan fingerprint density at radius 2 is 1.85 bits per heavy atom. The van der Waals surface area contributed by atoms with Crippen molar-refractivity contribution in [3.63, 3.8) is 0 Å². The Hall–Kier alpha value is -2.48. The summed E-state index contributed by atoms with van der Waals surface area (Å²) in [5, 5.41) is 8.12. The van der Waals surface area contributed by atoms with Crippen molar-refractivity contribution in [3.05, 3.63) is 86.4 Å². The number of thiazole rings is 1. The first-order valence-corrected chi connectivity index (χ1v) is 9.82. The van der Waals surface area contributed by atoms with E-state index >= 15 is 0 Å². The van der Waals surface area contributed by atoms with Crippen molar-refractivity contribution in [2.45, 2.75) is 0 Å². The average Bonchev–Trinajstić information content (AvgIpc) is 3.16. The summed E-state index contributed by atoms with van der Waals surface area (Å²) in [6.45, 7) is 0. The van der Waals surface area contributed by atoms with Crippen molar-refractivity contribution < 1.29 is 9.59 Å². The molecule has 1 aromatic heterocycles. The summed E-state index contributed by atoms with van der Waals surface area (Å²) < 4.78 is 0.633. The van der Waals surface area contributed by atoms with Crippen molar-refractivity contribution in [1.82, 2.24) is 10.3 Å². The zero-order valence-electron chi connectivity index (χ0n) is 13.8. The van der Waals surface area contributed by atoms with Crippen LogP contribution in [0.15, 0.2) is 70.3 Å². The van der Waals surface area contributed by atoms with Gasteiger partial charge in [-0.1, -0.05) is 35.9 Å². The van der Waals surface area contributed by atoms with Crippen LogP contribution >= 0.6 is 38.9 Å². The number of amides is 2. The number of carbonyl (C=O) groups is 2. The van der Waals surface area contributed by atoms with Gasteiger partial charge in [0.25, 0.3) is 11.8 Å². The van der Waals surface area contributed by atoms with Crippen molar-refractivity contribution >= 4 is 61.9 Å². The number of halogens is 2. The molecule has 0 atom stereocenters. The molecule has 0 unspecified atom stereocenters. The van der Waals surface area contributed by atoms with Gasteiger partial charge < -0.3 is 5.32 Å². The number of rotatable bonds is 5. The zero-order chi connectivity index (χ0) is 19.2. The fraction of sp³-hybridized carbons (Fsp3) is 0. The molecular weight excluding hydrogens is 450 g/mol. The molecule has 0 aliphatic rings. The van der Waals surface area contributed by atoms with E-state index in [1.54, 1.807) is 66.2 Å². The number of nitrogens with one attached hydrogen (secondary N) is 2. The lowest BCUT2D eigenvalue weighted by Crippen LogP contribution is -2.30. The van der Waals surface area contributed by atoms with Gasteiger partial charge in [0, 0.05) is 21.1 Å². The van der Waals surface area contributed by atoms with Gasteiger partial charge in [-0.15, -0.1) is 11.3 Å². The maximum Gasteiger partial charge on any atom is 0.273 e. The van der Waals surface area contributed by atoms with Gasteiger partial charge in [0.2, 0.25) is 0 Å². The van der Waals surface area contributed by atoms with Crippen LogP contribution < -0.4 is 10.6 Å². The minimum atomic E-state index is -0.472. The van der Waals surface area contributed by atoms with Crippen molar-refractivity contribution in [3.8, 4) is 0 Å². The molecule has 0 spiro atoms. The standard InChI is InChI=1S/C19H13BrClN3O2S/c20-15-4-2-1-3-14(15)17(25)23-16(11-12-5-7-13(21)8-6-12)18(26)24-19-22-9-10-27-19/h1-11H,(H,23,25)(H,22,24,26)/b16-11-. The number of hydrogen-bond acceptors (Lipinski definition) is 4.